The molecule has 142 valence electrons. The molecule has 27 heavy (non-hydrogen) atoms. The molecule has 0 spiro atoms. The number of ketones is 2. The monoisotopic (exact) mass is 367 g/mol. The van der Waals surface area contributed by atoms with E-state index in [9.17, 15) is 14.0 Å². The van der Waals surface area contributed by atoms with Crippen LogP contribution in [-0.4, -0.2) is 11.6 Å². The van der Waals surface area contributed by atoms with Gasteiger partial charge in [0.1, 0.15) is 5.82 Å². The molecule has 3 nitrogen and oxygen atoms in total. The average molecular weight is 367 g/mol. The Morgan fingerprint density at radius 1 is 0.926 bits per heavy atom. The van der Waals surface area contributed by atoms with Gasteiger partial charge in [0.05, 0.1) is 0 Å². The SMILES string of the molecule is CC1(C)CCC2=C(C1=O)C(c1cccc(F)c1)C1=C(CCC(C)(C)C1=O)N2. The quantitative estimate of drug-likeness (QED) is 0.776. The topological polar surface area (TPSA) is 46.2 Å². The maximum Gasteiger partial charge on any atom is 0.167 e. The van der Waals surface area contributed by atoms with Crippen LogP contribution in [0.1, 0.15) is 64.9 Å². The molecule has 0 atom stereocenters. The third-order valence-corrected chi connectivity index (χ3v) is 6.43. The van der Waals surface area contributed by atoms with Gasteiger partial charge in [-0.15, -0.1) is 0 Å². The Morgan fingerprint density at radius 3 is 1.93 bits per heavy atom. The van der Waals surface area contributed by atoms with Gasteiger partial charge < -0.3 is 5.32 Å². The minimum Gasteiger partial charge on any atom is -0.362 e. The van der Waals surface area contributed by atoms with Crippen molar-refractivity contribution >= 4 is 11.6 Å². The highest BCUT2D eigenvalue weighted by Crippen LogP contribution is 2.51. The highest BCUT2D eigenvalue weighted by Gasteiger charge is 2.48. The van der Waals surface area contributed by atoms with Crippen molar-refractivity contribution < 1.29 is 14.0 Å². The molecular formula is C23H26FNO2. The van der Waals surface area contributed by atoms with E-state index in [4.69, 9.17) is 0 Å². The molecule has 0 amide bonds. The van der Waals surface area contributed by atoms with Crippen LogP contribution < -0.4 is 5.32 Å². The standard InChI is InChI=1S/C23H26FNO2/c1-22(2)10-8-15-18(20(22)26)17(13-6-5-7-14(24)12-13)19-16(25-15)9-11-23(3,4)21(19)27/h5-7,12,17,25H,8-11H2,1-4H3. The number of hydrogen-bond acceptors (Lipinski definition) is 3. The van der Waals surface area contributed by atoms with Gasteiger partial charge in [0.25, 0.3) is 0 Å². The summed E-state index contributed by atoms with van der Waals surface area (Å²) in [4.78, 5) is 26.7. The lowest BCUT2D eigenvalue weighted by atomic mass is 9.62. The first-order valence-corrected chi connectivity index (χ1v) is 9.70. The minimum atomic E-state index is -0.480. The molecule has 0 saturated carbocycles. The molecule has 1 N–H and O–H groups in total. The molecule has 0 fully saturated rings. The van der Waals surface area contributed by atoms with Gasteiger partial charge in [-0.25, -0.2) is 4.39 Å². The molecule has 0 bridgehead atoms. The fourth-order valence-electron chi connectivity index (χ4n) is 4.59. The molecule has 4 heteroatoms. The van der Waals surface area contributed by atoms with Crippen molar-refractivity contribution in [2.45, 2.75) is 59.3 Å². The molecule has 3 aliphatic rings. The van der Waals surface area contributed by atoms with Crippen LogP contribution in [0.2, 0.25) is 0 Å². The number of allylic oxidation sites excluding steroid dienone is 4. The van der Waals surface area contributed by atoms with Gasteiger partial charge in [0.15, 0.2) is 11.6 Å². The Labute approximate surface area is 159 Å². The number of benzene rings is 1. The van der Waals surface area contributed by atoms with Gasteiger partial charge >= 0.3 is 0 Å². The zero-order valence-electron chi connectivity index (χ0n) is 16.4. The second-order valence-electron chi connectivity index (χ2n) is 9.32. The van der Waals surface area contributed by atoms with Gasteiger partial charge in [0.2, 0.25) is 0 Å². The van der Waals surface area contributed by atoms with Crippen LogP contribution in [-0.2, 0) is 9.59 Å². The van der Waals surface area contributed by atoms with E-state index in [0.717, 1.165) is 37.1 Å². The normalized spacial score (nSPS) is 24.5. The number of rotatable bonds is 1. The summed E-state index contributed by atoms with van der Waals surface area (Å²) in [5.74, 6) is -0.701. The van der Waals surface area contributed by atoms with Gasteiger partial charge in [0, 0.05) is 39.3 Å². The van der Waals surface area contributed by atoms with E-state index in [2.05, 4.69) is 5.32 Å². The number of carbonyl (C=O) groups excluding carboxylic acids is 2. The number of hydrogen-bond donors (Lipinski definition) is 1. The summed E-state index contributed by atoms with van der Waals surface area (Å²) in [5.41, 5.74) is 2.88. The summed E-state index contributed by atoms with van der Waals surface area (Å²) in [6.07, 6.45) is 3.09. The van der Waals surface area contributed by atoms with Crippen molar-refractivity contribution in [2.24, 2.45) is 10.8 Å². The lowest BCUT2D eigenvalue weighted by Crippen LogP contribution is -2.44. The van der Waals surface area contributed by atoms with E-state index in [-0.39, 0.29) is 17.4 Å². The molecule has 0 radical (unpaired) electrons. The zero-order valence-corrected chi connectivity index (χ0v) is 16.4. The Hall–Kier alpha value is -2.23. The zero-order chi connectivity index (χ0) is 19.6. The first-order valence-electron chi connectivity index (χ1n) is 9.70. The summed E-state index contributed by atoms with van der Waals surface area (Å²) in [7, 11) is 0. The molecule has 0 unspecified atom stereocenters. The van der Waals surface area contributed by atoms with Crippen molar-refractivity contribution in [3.63, 3.8) is 0 Å². The van der Waals surface area contributed by atoms with Crippen LogP contribution in [0.4, 0.5) is 4.39 Å². The fourth-order valence-corrected chi connectivity index (χ4v) is 4.59. The first kappa shape index (κ1) is 18.1. The molecule has 1 aliphatic heterocycles. The first-order chi connectivity index (χ1) is 12.6. The van der Waals surface area contributed by atoms with Crippen LogP contribution in [0, 0.1) is 16.6 Å². The van der Waals surface area contributed by atoms with E-state index in [1.807, 2.05) is 33.8 Å². The number of dihydropyridines is 1. The third kappa shape index (κ3) is 2.77. The molecular weight excluding hydrogens is 341 g/mol. The minimum absolute atomic E-state index is 0.0632. The fraction of sp³-hybridized carbons (Fsp3) is 0.478. The van der Waals surface area contributed by atoms with Gasteiger partial charge in [-0.3, -0.25) is 9.59 Å². The predicted molar refractivity (Wildman–Crippen MR) is 102 cm³/mol. The summed E-state index contributed by atoms with van der Waals surface area (Å²) >= 11 is 0. The Kier molecular flexibility index (Phi) is 3.95. The lowest BCUT2D eigenvalue weighted by Gasteiger charge is -2.44. The van der Waals surface area contributed by atoms with Crippen LogP contribution >= 0.6 is 0 Å². The lowest BCUT2D eigenvalue weighted by molar-refractivity contribution is -0.125. The second kappa shape index (κ2) is 5.88. The number of carbonyl (C=O) groups is 2. The van der Waals surface area contributed by atoms with Crippen molar-refractivity contribution in [1.29, 1.82) is 0 Å². The van der Waals surface area contributed by atoms with Crippen molar-refractivity contribution in [3.05, 3.63) is 58.2 Å². The number of Topliss-reactive ketones (excluding diaryl/α,β-unsaturated/α-hetero) is 2. The van der Waals surface area contributed by atoms with Gasteiger partial charge in [-0.05, 0) is 43.4 Å². The highest BCUT2D eigenvalue weighted by molar-refractivity contribution is 6.09. The van der Waals surface area contributed by atoms with Crippen LogP contribution in [0.5, 0.6) is 0 Å². The van der Waals surface area contributed by atoms with Crippen molar-refractivity contribution in [2.75, 3.05) is 0 Å². The molecule has 0 aromatic heterocycles. The molecule has 1 aromatic carbocycles. The van der Waals surface area contributed by atoms with E-state index >= 15 is 0 Å². The van der Waals surface area contributed by atoms with E-state index in [0.29, 0.717) is 16.7 Å². The Morgan fingerprint density at radius 2 is 1.44 bits per heavy atom. The summed E-state index contributed by atoms with van der Waals surface area (Å²) in [6.45, 7) is 7.83. The van der Waals surface area contributed by atoms with E-state index < -0.39 is 16.7 Å². The number of nitrogens with one attached hydrogen (secondary N) is 1. The van der Waals surface area contributed by atoms with E-state index in [1.165, 1.54) is 12.1 Å². The smallest absolute Gasteiger partial charge is 0.167 e. The third-order valence-electron chi connectivity index (χ3n) is 6.43. The van der Waals surface area contributed by atoms with Gasteiger partial charge in [-0.1, -0.05) is 39.8 Å². The van der Waals surface area contributed by atoms with E-state index in [1.54, 1.807) is 6.07 Å². The molecule has 1 heterocycles. The molecule has 1 aromatic rings. The summed E-state index contributed by atoms with van der Waals surface area (Å²) in [5, 5.41) is 3.43. The Bertz CT molecular complexity index is 868. The van der Waals surface area contributed by atoms with Gasteiger partial charge in [-0.2, -0.15) is 0 Å². The molecule has 2 aliphatic carbocycles. The highest BCUT2D eigenvalue weighted by atomic mass is 19.1. The summed E-state index contributed by atoms with van der Waals surface area (Å²) in [6, 6.07) is 6.35. The maximum atomic E-state index is 14.1. The average Bonchev–Trinajstić information content (AvgIpc) is 2.61. The maximum absolute atomic E-state index is 14.1. The Balaban J connectivity index is 1.95. The molecule has 0 saturated heterocycles. The number of halogens is 1. The van der Waals surface area contributed by atoms with Crippen LogP contribution in [0.15, 0.2) is 46.8 Å². The second-order valence-corrected chi connectivity index (χ2v) is 9.32. The van der Waals surface area contributed by atoms with Crippen molar-refractivity contribution in [3.8, 4) is 0 Å². The van der Waals surface area contributed by atoms with Crippen LogP contribution in [0.3, 0.4) is 0 Å². The predicted octanol–water partition coefficient (Wildman–Crippen LogP) is 4.80. The summed E-state index contributed by atoms with van der Waals surface area (Å²) < 4.78 is 14.1. The molecule has 4 rings (SSSR count). The van der Waals surface area contributed by atoms with Crippen LogP contribution in [0.25, 0.3) is 0 Å². The van der Waals surface area contributed by atoms with Crippen molar-refractivity contribution in [1.82, 2.24) is 5.32 Å². The largest absolute Gasteiger partial charge is 0.362 e.